The molecular formula is C21H17F3O4. The first kappa shape index (κ1) is 19.5. The van der Waals surface area contributed by atoms with Gasteiger partial charge in [-0.25, -0.2) is 0 Å². The third-order valence-electron chi connectivity index (χ3n) is 3.87. The Morgan fingerprint density at radius 1 is 0.893 bits per heavy atom. The van der Waals surface area contributed by atoms with Crippen molar-refractivity contribution in [3.05, 3.63) is 60.2 Å². The molecule has 0 fully saturated rings. The third kappa shape index (κ3) is 4.94. The quantitative estimate of drug-likeness (QED) is 0.488. The van der Waals surface area contributed by atoms with Crippen molar-refractivity contribution in [3.8, 4) is 23.0 Å². The lowest BCUT2D eigenvalue weighted by Crippen LogP contribution is -2.17. The molecule has 0 aliphatic carbocycles. The van der Waals surface area contributed by atoms with Crippen molar-refractivity contribution < 1.29 is 32.2 Å². The smallest absolute Gasteiger partial charge is 0.490 e. The highest BCUT2D eigenvalue weighted by atomic mass is 19.4. The number of benzene rings is 3. The van der Waals surface area contributed by atoms with E-state index in [9.17, 15) is 18.0 Å². The number of hydrogen-bond acceptors (Lipinski definition) is 4. The average Bonchev–Trinajstić information content (AvgIpc) is 2.63. The molecule has 0 saturated carbocycles. The Bertz CT molecular complexity index is 983. The van der Waals surface area contributed by atoms with E-state index in [1.54, 1.807) is 19.1 Å². The van der Waals surface area contributed by atoms with E-state index in [-0.39, 0.29) is 18.1 Å². The molecule has 0 spiro atoms. The summed E-state index contributed by atoms with van der Waals surface area (Å²) in [6.07, 6.45) is -3.67. The van der Waals surface area contributed by atoms with Crippen molar-refractivity contribution in [2.45, 2.75) is 19.7 Å². The first-order valence-corrected chi connectivity index (χ1v) is 8.54. The fourth-order valence-electron chi connectivity index (χ4n) is 2.73. The van der Waals surface area contributed by atoms with E-state index in [4.69, 9.17) is 9.47 Å². The van der Waals surface area contributed by atoms with Gasteiger partial charge in [0.1, 0.15) is 17.8 Å². The molecule has 0 atom stereocenters. The molecule has 0 aliphatic heterocycles. The van der Waals surface area contributed by atoms with Gasteiger partial charge in [0, 0.05) is 12.5 Å². The zero-order chi connectivity index (χ0) is 20.1. The van der Waals surface area contributed by atoms with Crippen LogP contribution in [-0.4, -0.2) is 19.3 Å². The summed E-state index contributed by atoms with van der Waals surface area (Å²) >= 11 is 0. The normalized spacial score (nSPS) is 11.3. The standard InChI is InChI=1S/C21H17F3O4/c1-2-26-19-8-7-18(13-20(19)28-21(22,23)24)27-17-6-5-15-11-14(9-10-25)3-4-16(15)12-17/h3-8,10-13H,2,9H2,1H3. The minimum Gasteiger partial charge on any atom is -0.490 e. The van der Waals surface area contributed by atoms with Gasteiger partial charge in [0.2, 0.25) is 0 Å². The van der Waals surface area contributed by atoms with Gasteiger partial charge in [-0.15, -0.1) is 13.2 Å². The van der Waals surface area contributed by atoms with Gasteiger partial charge in [0.15, 0.2) is 11.5 Å². The molecule has 3 rings (SSSR count). The van der Waals surface area contributed by atoms with Gasteiger partial charge in [-0.05, 0) is 47.5 Å². The molecule has 4 nitrogen and oxygen atoms in total. The Labute approximate surface area is 159 Å². The van der Waals surface area contributed by atoms with Crippen molar-refractivity contribution in [1.29, 1.82) is 0 Å². The van der Waals surface area contributed by atoms with Crippen LogP contribution in [0, 0.1) is 0 Å². The second-order valence-electron chi connectivity index (χ2n) is 5.91. The van der Waals surface area contributed by atoms with Gasteiger partial charge in [-0.1, -0.05) is 24.3 Å². The lowest BCUT2D eigenvalue weighted by atomic mass is 10.1. The van der Waals surface area contributed by atoms with E-state index < -0.39 is 12.1 Å². The van der Waals surface area contributed by atoms with Crippen LogP contribution >= 0.6 is 0 Å². The van der Waals surface area contributed by atoms with Gasteiger partial charge in [0.05, 0.1) is 6.61 Å². The molecule has 0 saturated heterocycles. The zero-order valence-electron chi connectivity index (χ0n) is 15.0. The molecular weight excluding hydrogens is 373 g/mol. The van der Waals surface area contributed by atoms with E-state index in [2.05, 4.69) is 4.74 Å². The lowest BCUT2D eigenvalue weighted by Gasteiger charge is -2.15. The Balaban J connectivity index is 1.86. The van der Waals surface area contributed by atoms with Crippen LogP contribution in [0.1, 0.15) is 12.5 Å². The number of ether oxygens (including phenoxy) is 3. The summed E-state index contributed by atoms with van der Waals surface area (Å²) in [5, 5.41) is 1.81. The Morgan fingerprint density at radius 2 is 1.57 bits per heavy atom. The van der Waals surface area contributed by atoms with Crippen LogP contribution in [0.2, 0.25) is 0 Å². The average molecular weight is 390 g/mol. The number of aldehydes is 1. The van der Waals surface area contributed by atoms with E-state index in [0.717, 1.165) is 28.7 Å². The van der Waals surface area contributed by atoms with Crippen LogP contribution in [0.25, 0.3) is 10.8 Å². The number of carbonyl (C=O) groups excluding carboxylic acids is 1. The Morgan fingerprint density at radius 3 is 2.29 bits per heavy atom. The number of rotatable bonds is 7. The molecule has 0 unspecified atom stereocenters. The van der Waals surface area contributed by atoms with Gasteiger partial charge in [-0.3, -0.25) is 0 Å². The Kier molecular flexibility index (Phi) is 5.73. The molecule has 3 aromatic rings. The van der Waals surface area contributed by atoms with Crippen molar-refractivity contribution >= 4 is 17.1 Å². The summed E-state index contributed by atoms with van der Waals surface area (Å²) in [5.41, 5.74) is 0.900. The van der Waals surface area contributed by atoms with Crippen molar-refractivity contribution in [1.82, 2.24) is 0 Å². The predicted molar refractivity (Wildman–Crippen MR) is 98.1 cm³/mol. The van der Waals surface area contributed by atoms with Crippen LogP contribution in [0.3, 0.4) is 0 Å². The molecule has 0 aromatic heterocycles. The number of hydrogen-bond donors (Lipinski definition) is 0. The van der Waals surface area contributed by atoms with Gasteiger partial charge in [-0.2, -0.15) is 0 Å². The number of carbonyl (C=O) groups is 1. The predicted octanol–water partition coefficient (Wildman–Crippen LogP) is 5.67. The van der Waals surface area contributed by atoms with Crippen LogP contribution in [0.15, 0.2) is 54.6 Å². The monoisotopic (exact) mass is 390 g/mol. The van der Waals surface area contributed by atoms with Gasteiger partial charge >= 0.3 is 6.36 Å². The summed E-state index contributed by atoms with van der Waals surface area (Å²) in [5.74, 6) is 0.150. The van der Waals surface area contributed by atoms with Gasteiger partial charge < -0.3 is 19.0 Å². The van der Waals surface area contributed by atoms with Crippen LogP contribution in [-0.2, 0) is 11.2 Å². The summed E-state index contributed by atoms with van der Waals surface area (Å²) in [7, 11) is 0. The maximum Gasteiger partial charge on any atom is 0.573 e. The van der Waals surface area contributed by atoms with Crippen molar-refractivity contribution in [2.75, 3.05) is 6.61 Å². The number of alkyl halides is 3. The molecule has 3 aromatic carbocycles. The third-order valence-corrected chi connectivity index (χ3v) is 3.87. The molecule has 146 valence electrons. The lowest BCUT2D eigenvalue weighted by molar-refractivity contribution is -0.275. The minimum atomic E-state index is -4.84. The summed E-state index contributed by atoms with van der Waals surface area (Å²) in [6, 6.07) is 14.9. The summed E-state index contributed by atoms with van der Waals surface area (Å²) in [4.78, 5) is 10.6. The molecule has 7 heteroatoms. The SMILES string of the molecule is CCOc1ccc(Oc2ccc3cc(CC=O)ccc3c2)cc1OC(F)(F)F. The molecule has 0 N–H and O–H groups in total. The second kappa shape index (κ2) is 8.21. The molecule has 0 heterocycles. The highest BCUT2D eigenvalue weighted by Crippen LogP contribution is 2.37. The van der Waals surface area contributed by atoms with Crippen LogP contribution in [0.5, 0.6) is 23.0 Å². The zero-order valence-corrected chi connectivity index (χ0v) is 15.0. The van der Waals surface area contributed by atoms with E-state index in [0.29, 0.717) is 12.2 Å². The molecule has 0 bridgehead atoms. The largest absolute Gasteiger partial charge is 0.573 e. The molecule has 28 heavy (non-hydrogen) atoms. The first-order chi connectivity index (χ1) is 13.4. The van der Waals surface area contributed by atoms with E-state index >= 15 is 0 Å². The topological polar surface area (TPSA) is 44.8 Å². The summed E-state index contributed by atoms with van der Waals surface area (Å²) in [6.45, 7) is 1.86. The maximum atomic E-state index is 12.6. The number of fused-ring (bicyclic) bond motifs is 1. The van der Waals surface area contributed by atoms with Gasteiger partial charge in [0.25, 0.3) is 0 Å². The fourth-order valence-corrected chi connectivity index (χ4v) is 2.73. The molecule has 0 amide bonds. The first-order valence-electron chi connectivity index (χ1n) is 8.54. The molecule has 0 radical (unpaired) electrons. The molecule has 0 aliphatic rings. The number of halogens is 3. The van der Waals surface area contributed by atoms with E-state index in [1.807, 2.05) is 24.3 Å². The second-order valence-corrected chi connectivity index (χ2v) is 5.91. The van der Waals surface area contributed by atoms with E-state index in [1.165, 1.54) is 12.1 Å². The van der Waals surface area contributed by atoms with Crippen molar-refractivity contribution in [3.63, 3.8) is 0 Å². The highest BCUT2D eigenvalue weighted by molar-refractivity contribution is 5.85. The maximum absolute atomic E-state index is 12.6. The summed E-state index contributed by atoms with van der Waals surface area (Å²) < 4.78 is 52.8. The van der Waals surface area contributed by atoms with Crippen molar-refractivity contribution in [2.24, 2.45) is 0 Å². The fraction of sp³-hybridized carbons (Fsp3) is 0.190. The highest BCUT2D eigenvalue weighted by Gasteiger charge is 2.32. The minimum absolute atomic E-state index is 0.0200. The van der Waals surface area contributed by atoms with Crippen LogP contribution < -0.4 is 14.2 Å². The van der Waals surface area contributed by atoms with Crippen LogP contribution in [0.4, 0.5) is 13.2 Å². The Hall–Kier alpha value is -3.22.